The van der Waals surface area contributed by atoms with Gasteiger partial charge in [-0.05, 0) is 15.1 Å². The van der Waals surface area contributed by atoms with E-state index in [2.05, 4.69) is 10.2 Å². The third-order valence-corrected chi connectivity index (χ3v) is 1.93. The minimum Gasteiger partial charge on any atom is -0.358 e. The van der Waals surface area contributed by atoms with Crippen molar-refractivity contribution in [3.8, 4) is 0 Å². The summed E-state index contributed by atoms with van der Waals surface area (Å²) < 4.78 is 1.35. The highest BCUT2D eigenvalue weighted by molar-refractivity contribution is 5.13. The highest BCUT2D eigenvalue weighted by Gasteiger charge is 2.29. The maximum absolute atomic E-state index is 10.7. The van der Waals surface area contributed by atoms with Crippen LogP contribution in [0.5, 0.6) is 0 Å². The van der Waals surface area contributed by atoms with E-state index >= 15 is 0 Å². The normalized spacial score (nSPS) is 13.5. The first-order valence-corrected chi connectivity index (χ1v) is 4.36. The number of hydrogen-bond acceptors (Lipinski definition) is 5. The molecule has 0 amide bonds. The second-order valence-electron chi connectivity index (χ2n) is 4.28. The SMILES string of the molecule is CC(C)(C)C(N=O)n1cnc([N+](=O)[O-])c1. The van der Waals surface area contributed by atoms with Gasteiger partial charge in [0.15, 0.2) is 6.17 Å². The van der Waals surface area contributed by atoms with E-state index < -0.39 is 16.5 Å². The Labute approximate surface area is 86.2 Å². The third-order valence-electron chi connectivity index (χ3n) is 1.93. The van der Waals surface area contributed by atoms with E-state index in [1.165, 1.54) is 17.1 Å². The molecular weight excluding hydrogens is 200 g/mol. The van der Waals surface area contributed by atoms with Crippen molar-refractivity contribution in [3.05, 3.63) is 27.5 Å². The number of rotatable bonds is 3. The topological polar surface area (TPSA) is 90.4 Å². The lowest BCUT2D eigenvalue weighted by Crippen LogP contribution is -2.21. The predicted octanol–water partition coefficient (Wildman–Crippen LogP) is 2.10. The highest BCUT2D eigenvalue weighted by atomic mass is 16.6. The summed E-state index contributed by atoms with van der Waals surface area (Å²) in [5, 5.41) is 13.3. The van der Waals surface area contributed by atoms with Gasteiger partial charge in [0.25, 0.3) is 0 Å². The summed E-state index contributed by atoms with van der Waals surface area (Å²) in [6.45, 7) is 5.47. The molecule has 1 aromatic rings. The fourth-order valence-electron chi connectivity index (χ4n) is 1.21. The Balaban J connectivity index is 3.04. The molecule has 0 N–H and O–H groups in total. The summed E-state index contributed by atoms with van der Waals surface area (Å²) in [7, 11) is 0. The Morgan fingerprint density at radius 2 is 2.20 bits per heavy atom. The van der Waals surface area contributed by atoms with Crippen LogP contribution in [-0.4, -0.2) is 14.5 Å². The van der Waals surface area contributed by atoms with E-state index in [-0.39, 0.29) is 5.82 Å². The van der Waals surface area contributed by atoms with Crippen LogP contribution in [0.25, 0.3) is 0 Å². The standard InChI is InChI=1S/C8H12N4O3/c1-8(2,3)7(10-13)11-4-6(9-5-11)12(14)15/h4-5,7H,1-3H3. The van der Waals surface area contributed by atoms with E-state index in [1.54, 1.807) is 0 Å². The van der Waals surface area contributed by atoms with Crippen molar-refractivity contribution in [2.45, 2.75) is 26.9 Å². The number of nitro groups is 1. The van der Waals surface area contributed by atoms with Crippen molar-refractivity contribution >= 4 is 5.82 Å². The molecule has 0 aliphatic heterocycles. The first kappa shape index (κ1) is 11.3. The Hall–Kier alpha value is -1.79. The largest absolute Gasteiger partial charge is 0.381 e. The number of hydrogen-bond donors (Lipinski definition) is 0. The van der Waals surface area contributed by atoms with Crippen LogP contribution in [0.1, 0.15) is 26.9 Å². The molecule has 0 aliphatic carbocycles. The molecule has 0 radical (unpaired) electrons. The summed E-state index contributed by atoms with van der Waals surface area (Å²) in [6, 6.07) is 0. The van der Waals surface area contributed by atoms with Crippen LogP contribution in [0.2, 0.25) is 0 Å². The van der Waals surface area contributed by atoms with Crippen LogP contribution in [0.3, 0.4) is 0 Å². The molecule has 0 bridgehead atoms. The molecule has 0 saturated heterocycles. The lowest BCUT2D eigenvalue weighted by atomic mass is 9.93. The zero-order valence-corrected chi connectivity index (χ0v) is 8.75. The summed E-state index contributed by atoms with van der Waals surface area (Å²) in [4.78, 5) is 24.0. The molecule has 7 nitrogen and oxygen atoms in total. The van der Waals surface area contributed by atoms with Gasteiger partial charge in [-0.15, -0.1) is 4.91 Å². The molecule has 15 heavy (non-hydrogen) atoms. The molecule has 1 aromatic heterocycles. The summed E-state index contributed by atoms with van der Waals surface area (Å²) >= 11 is 0. The molecule has 1 atom stereocenters. The summed E-state index contributed by atoms with van der Waals surface area (Å²) in [5.41, 5.74) is -0.406. The molecule has 1 rings (SSSR count). The van der Waals surface area contributed by atoms with Crippen LogP contribution in [0, 0.1) is 20.4 Å². The van der Waals surface area contributed by atoms with Gasteiger partial charge < -0.3 is 10.1 Å². The van der Waals surface area contributed by atoms with Gasteiger partial charge in [0.2, 0.25) is 6.33 Å². The number of nitrogens with zero attached hydrogens (tertiary/aromatic N) is 4. The molecular formula is C8H12N4O3. The van der Waals surface area contributed by atoms with Crippen LogP contribution in [-0.2, 0) is 0 Å². The van der Waals surface area contributed by atoms with Gasteiger partial charge in [-0.1, -0.05) is 20.8 Å². The molecule has 1 unspecified atom stereocenters. The zero-order chi connectivity index (χ0) is 11.6. The second-order valence-corrected chi connectivity index (χ2v) is 4.28. The molecule has 0 saturated carbocycles. The smallest absolute Gasteiger partial charge is 0.358 e. The zero-order valence-electron chi connectivity index (χ0n) is 8.75. The van der Waals surface area contributed by atoms with Gasteiger partial charge in [0, 0.05) is 5.41 Å². The lowest BCUT2D eigenvalue weighted by molar-refractivity contribution is -0.389. The molecule has 1 heterocycles. The highest BCUT2D eigenvalue weighted by Crippen LogP contribution is 2.31. The quantitative estimate of drug-likeness (QED) is 0.435. The van der Waals surface area contributed by atoms with E-state index in [9.17, 15) is 15.0 Å². The molecule has 82 valence electrons. The number of aromatic nitrogens is 2. The molecule has 0 aromatic carbocycles. The molecule has 0 aliphatic rings. The first-order valence-electron chi connectivity index (χ1n) is 4.36. The van der Waals surface area contributed by atoms with Gasteiger partial charge in [0.1, 0.15) is 6.20 Å². The Morgan fingerprint density at radius 3 is 2.53 bits per heavy atom. The summed E-state index contributed by atoms with van der Waals surface area (Å²) in [6.07, 6.45) is 1.76. The Morgan fingerprint density at radius 1 is 1.60 bits per heavy atom. The van der Waals surface area contributed by atoms with E-state index in [1.807, 2.05) is 20.8 Å². The van der Waals surface area contributed by atoms with E-state index in [0.717, 1.165) is 0 Å². The Kier molecular flexibility index (Phi) is 2.83. The van der Waals surface area contributed by atoms with Gasteiger partial charge in [-0.3, -0.25) is 4.57 Å². The number of nitroso groups, excluding NO2 is 1. The predicted molar refractivity (Wildman–Crippen MR) is 53.2 cm³/mol. The second kappa shape index (κ2) is 3.76. The minimum absolute atomic E-state index is 0.284. The van der Waals surface area contributed by atoms with Crippen LogP contribution < -0.4 is 0 Å². The van der Waals surface area contributed by atoms with E-state index in [4.69, 9.17) is 0 Å². The van der Waals surface area contributed by atoms with Gasteiger partial charge in [0.05, 0.1) is 0 Å². The molecule has 0 fully saturated rings. The first-order chi connectivity index (χ1) is 6.86. The van der Waals surface area contributed by atoms with Crippen LogP contribution in [0.15, 0.2) is 17.7 Å². The number of imidazole rings is 1. The van der Waals surface area contributed by atoms with Crippen molar-refractivity contribution in [1.82, 2.24) is 9.55 Å². The maximum Gasteiger partial charge on any atom is 0.381 e. The van der Waals surface area contributed by atoms with Crippen LogP contribution >= 0.6 is 0 Å². The van der Waals surface area contributed by atoms with E-state index in [0.29, 0.717) is 0 Å². The molecule has 0 spiro atoms. The van der Waals surface area contributed by atoms with Crippen LogP contribution in [0.4, 0.5) is 5.82 Å². The van der Waals surface area contributed by atoms with Crippen molar-refractivity contribution in [3.63, 3.8) is 0 Å². The fourth-order valence-corrected chi connectivity index (χ4v) is 1.21. The van der Waals surface area contributed by atoms with Crippen molar-refractivity contribution < 1.29 is 4.92 Å². The monoisotopic (exact) mass is 212 g/mol. The van der Waals surface area contributed by atoms with Gasteiger partial charge >= 0.3 is 5.82 Å². The van der Waals surface area contributed by atoms with Crippen molar-refractivity contribution in [2.75, 3.05) is 0 Å². The van der Waals surface area contributed by atoms with Gasteiger partial charge in [-0.25, -0.2) is 0 Å². The molecule has 7 heteroatoms. The van der Waals surface area contributed by atoms with Crippen molar-refractivity contribution in [1.29, 1.82) is 0 Å². The minimum atomic E-state index is -0.696. The maximum atomic E-state index is 10.7. The average Bonchev–Trinajstić information content (AvgIpc) is 2.51. The van der Waals surface area contributed by atoms with Crippen molar-refractivity contribution in [2.24, 2.45) is 10.6 Å². The third kappa shape index (κ3) is 2.36. The Bertz CT molecular complexity index is 379. The lowest BCUT2D eigenvalue weighted by Gasteiger charge is -2.24. The van der Waals surface area contributed by atoms with Gasteiger partial charge in [-0.2, -0.15) is 0 Å². The fraction of sp³-hybridized carbons (Fsp3) is 0.625. The average molecular weight is 212 g/mol. The summed E-state index contributed by atoms with van der Waals surface area (Å²) in [5.74, 6) is -0.284.